The van der Waals surface area contributed by atoms with Gasteiger partial charge in [0.25, 0.3) is 0 Å². The number of rotatable bonds is 2. The molecule has 0 aliphatic rings. The van der Waals surface area contributed by atoms with E-state index in [0.717, 1.165) is 16.6 Å². The number of aromatic nitrogens is 7. The molecule has 8 heteroatoms. The Labute approximate surface area is 146 Å². The lowest BCUT2D eigenvalue weighted by Gasteiger charge is -2.05. The number of pyridine rings is 1. The van der Waals surface area contributed by atoms with E-state index in [2.05, 4.69) is 25.3 Å². The Bertz CT molecular complexity index is 1210. The van der Waals surface area contributed by atoms with Gasteiger partial charge in [-0.05, 0) is 24.3 Å². The van der Waals surface area contributed by atoms with E-state index in [0.29, 0.717) is 22.1 Å². The summed E-state index contributed by atoms with van der Waals surface area (Å²) in [5, 5.41) is 14.4. The molecular weight excluding hydrogens is 338 g/mol. The molecule has 0 radical (unpaired) electrons. The lowest BCUT2D eigenvalue weighted by atomic mass is 10.3. The van der Waals surface area contributed by atoms with Crippen LogP contribution in [0, 0.1) is 0 Å². The number of benzene rings is 1. The van der Waals surface area contributed by atoms with Gasteiger partial charge in [0, 0.05) is 18.0 Å². The normalized spacial score (nSPS) is 11.4. The standard InChI is InChI=1S/C17H10ClN7/c18-13-5-1-2-6-14(13)25-16-12(9-21-25)17-23-22-15(24(17)10-20-16)11-4-3-7-19-8-11/h1-10H. The molecule has 0 saturated carbocycles. The van der Waals surface area contributed by atoms with Gasteiger partial charge in [-0.1, -0.05) is 23.7 Å². The van der Waals surface area contributed by atoms with E-state index in [-0.39, 0.29) is 0 Å². The minimum Gasteiger partial charge on any atom is -0.264 e. The van der Waals surface area contributed by atoms with E-state index in [1.54, 1.807) is 29.6 Å². The minimum atomic E-state index is 0.603. The Hall–Kier alpha value is -3.32. The van der Waals surface area contributed by atoms with Crippen LogP contribution in [0.3, 0.4) is 0 Å². The molecule has 0 aliphatic carbocycles. The van der Waals surface area contributed by atoms with Crippen molar-refractivity contribution >= 4 is 28.3 Å². The highest BCUT2D eigenvalue weighted by atomic mass is 35.5. The average molecular weight is 348 g/mol. The van der Waals surface area contributed by atoms with Crippen LogP contribution < -0.4 is 0 Å². The minimum absolute atomic E-state index is 0.603. The van der Waals surface area contributed by atoms with Crippen molar-refractivity contribution in [3.05, 3.63) is 66.3 Å². The maximum absolute atomic E-state index is 6.29. The van der Waals surface area contributed by atoms with Crippen LogP contribution in [0.4, 0.5) is 0 Å². The highest BCUT2D eigenvalue weighted by molar-refractivity contribution is 6.32. The summed E-state index contributed by atoms with van der Waals surface area (Å²) in [7, 11) is 0. The Morgan fingerprint density at radius 2 is 1.84 bits per heavy atom. The molecule has 25 heavy (non-hydrogen) atoms. The van der Waals surface area contributed by atoms with Crippen LogP contribution in [0.1, 0.15) is 0 Å². The number of hydrogen-bond acceptors (Lipinski definition) is 5. The molecule has 0 unspecified atom stereocenters. The van der Waals surface area contributed by atoms with Crippen molar-refractivity contribution in [3.8, 4) is 17.1 Å². The Morgan fingerprint density at radius 1 is 0.920 bits per heavy atom. The quantitative estimate of drug-likeness (QED) is 0.490. The second kappa shape index (κ2) is 5.35. The summed E-state index contributed by atoms with van der Waals surface area (Å²) < 4.78 is 3.54. The van der Waals surface area contributed by atoms with Gasteiger partial charge in [-0.2, -0.15) is 5.10 Å². The van der Waals surface area contributed by atoms with Crippen LogP contribution in [0.25, 0.3) is 33.8 Å². The van der Waals surface area contributed by atoms with E-state index >= 15 is 0 Å². The van der Waals surface area contributed by atoms with Gasteiger partial charge in [-0.25, -0.2) is 9.67 Å². The van der Waals surface area contributed by atoms with E-state index in [1.165, 1.54) is 0 Å². The van der Waals surface area contributed by atoms with Crippen LogP contribution in [0.2, 0.25) is 5.02 Å². The van der Waals surface area contributed by atoms with Crippen molar-refractivity contribution in [2.24, 2.45) is 0 Å². The topological polar surface area (TPSA) is 73.8 Å². The molecule has 4 aromatic heterocycles. The second-order valence-electron chi connectivity index (χ2n) is 5.45. The third-order valence-corrected chi connectivity index (χ3v) is 4.30. The first-order valence-electron chi connectivity index (χ1n) is 7.56. The first-order valence-corrected chi connectivity index (χ1v) is 7.93. The summed E-state index contributed by atoms with van der Waals surface area (Å²) in [6, 6.07) is 11.3. The van der Waals surface area contributed by atoms with E-state index in [4.69, 9.17) is 11.6 Å². The van der Waals surface area contributed by atoms with Crippen molar-refractivity contribution in [2.75, 3.05) is 0 Å². The van der Waals surface area contributed by atoms with Crippen LogP contribution in [0.15, 0.2) is 61.3 Å². The van der Waals surface area contributed by atoms with Crippen LogP contribution in [-0.2, 0) is 0 Å². The first-order chi connectivity index (χ1) is 12.3. The summed E-state index contributed by atoms with van der Waals surface area (Å²) in [4.78, 5) is 8.68. The lowest BCUT2D eigenvalue weighted by molar-refractivity contribution is 0.893. The molecule has 0 fully saturated rings. The summed E-state index contributed by atoms with van der Waals surface area (Å²) in [5.74, 6) is 0.683. The Balaban J connectivity index is 1.76. The smallest absolute Gasteiger partial charge is 0.175 e. The molecule has 4 heterocycles. The molecule has 0 amide bonds. The van der Waals surface area contributed by atoms with Gasteiger partial charge in [0.1, 0.15) is 6.33 Å². The molecule has 0 spiro atoms. The molecule has 0 bridgehead atoms. The number of hydrogen-bond donors (Lipinski definition) is 0. The molecule has 7 nitrogen and oxygen atoms in total. The van der Waals surface area contributed by atoms with Gasteiger partial charge in [0.15, 0.2) is 17.1 Å². The van der Waals surface area contributed by atoms with Gasteiger partial charge in [0.05, 0.1) is 22.3 Å². The summed E-state index contributed by atoms with van der Waals surface area (Å²) >= 11 is 6.29. The van der Waals surface area contributed by atoms with E-state index in [1.807, 2.05) is 40.8 Å². The zero-order valence-corrected chi connectivity index (χ0v) is 13.5. The van der Waals surface area contributed by atoms with E-state index in [9.17, 15) is 0 Å². The third-order valence-electron chi connectivity index (χ3n) is 3.98. The number of fused-ring (bicyclic) bond motifs is 3. The van der Waals surface area contributed by atoms with Gasteiger partial charge in [-0.15, -0.1) is 10.2 Å². The Kier molecular flexibility index (Phi) is 3.01. The summed E-state index contributed by atoms with van der Waals surface area (Å²) in [6.07, 6.45) is 6.88. The zero-order valence-electron chi connectivity index (χ0n) is 12.8. The molecule has 5 rings (SSSR count). The largest absolute Gasteiger partial charge is 0.264 e. The molecule has 0 aliphatic heterocycles. The molecule has 0 N–H and O–H groups in total. The highest BCUT2D eigenvalue weighted by Crippen LogP contribution is 2.26. The molecule has 5 aromatic rings. The molecular formula is C17H10ClN7. The summed E-state index contributed by atoms with van der Waals surface area (Å²) in [6.45, 7) is 0. The van der Waals surface area contributed by atoms with Crippen LogP contribution >= 0.6 is 11.6 Å². The molecule has 0 saturated heterocycles. The SMILES string of the molecule is Clc1ccccc1-n1ncc2c1ncn1c(-c3cccnc3)nnc21. The van der Waals surface area contributed by atoms with Crippen molar-refractivity contribution < 1.29 is 0 Å². The number of para-hydroxylation sites is 1. The zero-order chi connectivity index (χ0) is 16.8. The number of nitrogens with zero attached hydrogens (tertiary/aromatic N) is 7. The second-order valence-corrected chi connectivity index (χ2v) is 5.86. The van der Waals surface area contributed by atoms with Gasteiger partial charge >= 0.3 is 0 Å². The highest BCUT2D eigenvalue weighted by Gasteiger charge is 2.16. The molecule has 0 atom stereocenters. The van der Waals surface area contributed by atoms with Crippen LogP contribution in [0.5, 0.6) is 0 Å². The molecule has 1 aromatic carbocycles. The third kappa shape index (κ3) is 2.10. The van der Waals surface area contributed by atoms with E-state index < -0.39 is 0 Å². The van der Waals surface area contributed by atoms with Crippen molar-refractivity contribution in [2.45, 2.75) is 0 Å². The molecule has 120 valence electrons. The average Bonchev–Trinajstić information content (AvgIpc) is 3.26. The van der Waals surface area contributed by atoms with Crippen molar-refractivity contribution in [3.63, 3.8) is 0 Å². The van der Waals surface area contributed by atoms with Gasteiger partial charge in [0.2, 0.25) is 0 Å². The summed E-state index contributed by atoms with van der Waals surface area (Å²) in [5.41, 5.74) is 2.99. The van der Waals surface area contributed by atoms with Crippen LogP contribution in [-0.4, -0.2) is 34.3 Å². The maximum Gasteiger partial charge on any atom is 0.175 e. The predicted molar refractivity (Wildman–Crippen MR) is 93.7 cm³/mol. The fourth-order valence-electron chi connectivity index (χ4n) is 2.81. The van der Waals surface area contributed by atoms with Crippen molar-refractivity contribution in [1.29, 1.82) is 0 Å². The fourth-order valence-corrected chi connectivity index (χ4v) is 3.03. The monoisotopic (exact) mass is 347 g/mol. The Morgan fingerprint density at radius 3 is 2.68 bits per heavy atom. The van der Waals surface area contributed by atoms with Gasteiger partial charge < -0.3 is 0 Å². The number of halogens is 1. The maximum atomic E-state index is 6.29. The predicted octanol–water partition coefficient (Wildman–Crippen LogP) is 3.18. The fraction of sp³-hybridized carbons (Fsp3) is 0. The van der Waals surface area contributed by atoms with Crippen molar-refractivity contribution in [1.82, 2.24) is 34.3 Å². The first kappa shape index (κ1) is 14.1. The van der Waals surface area contributed by atoms with Gasteiger partial charge in [-0.3, -0.25) is 9.38 Å². The lowest BCUT2D eigenvalue weighted by Crippen LogP contribution is -1.99.